The van der Waals surface area contributed by atoms with Crippen LogP contribution in [-0.4, -0.2) is 15.1 Å². The molecule has 1 aliphatic carbocycles. The summed E-state index contributed by atoms with van der Waals surface area (Å²) < 4.78 is 25.2. The van der Waals surface area contributed by atoms with Crippen LogP contribution in [0.15, 0.2) is 42.8 Å². The van der Waals surface area contributed by atoms with Gasteiger partial charge in [0.2, 0.25) is 5.82 Å². The second-order valence-electron chi connectivity index (χ2n) is 7.91. The van der Waals surface area contributed by atoms with E-state index in [0.29, 0.717) is 28.2 Å². The molecule has 0 spiro atoms. The van der Waals surface area contributed by atoms with Crippen molar-refractivity contribution >= 4 is 28.3 Å². The third-order valence-corrected chi connectivity index (χ3v) is 5.77. The highest BCUT2D eigenvalue weighted by molar-refractivity contribution is 6.29. The van der Waals surface area contributed by atoms with Gasteiger partial charge in [0.05, 0.1) is 17.1 Å². The molecule has 5 rings (SSSR count). The molecule has 1 atom stereocenters. The molecule has 1 saturated carbocycles. The average molecular weight is 457 g/mol. The SMILES string of the molecule is Cc1c(C2CC2)oc2c([C@@H](C)Nc3ccc(Cl)nc3-c3noc(=O)[nH]3)cc(F)cc2c1=O. The number of hydrogen-bond acceptors (Lipinski definition) is 7. The van der Waals surface area contributed by atoms with E-state index in [2.05, 4.69) is 25.0 Å². The van der Waals surface area contributed by atoms with Crippen molar-refractivity contribution in [1.29, 1.82) is 0 Å². The number of benzene rings is 1. The fraction of sp³-hybridized carbons (Fsp3) is 0.273. The van der Waals surface area contributed by atoms with Crippen LogP contribution in [0.5, 0.6) is 0 Å². The van der Waals surface area contributed by atoms with E-state index in [4.69, 9.17) is 16.0 Å². The molecule has 32 heavy (non-hydrogen) atoms. The van der Waals surface area contributed by atoms with Gasteiger partial charge in [-0.15, -0.1) is 0 Å². The number of halogens is 2. The number of aromatic amines is 1. The van der Waals surface area contributed by atoms with Gasteiger partial charge in [-0.25, -0.2) is 14.2 Å². The molecular formula is C22H18ClFN4O4. The topological polar surface area (TPSA) is 114 Å². The number of hydrogen-bond donors (Lipinski definition) is 2. The van der Waals surface area contributed by atoms with Gasteiger partial charge in [0.15, 0.2) is 5.43 Å². The van der Waals surface area contributed by atoms with Gasteiger partial charge in [0.1, 0.15) is 28.0 Å². The van der Waals surface area contributed by atoms with Crippen molar-refractivity contribution in [1.82, 2.24) is 15.1 Å². The van der Waals surface area contributed by atoms with E-state index in [1.165, 1.54) is 12.1 Å². The fourth-order valence-corrected chi connectivity index (χ4v) is 3.98. The molecule has 1 aliphatic rings. The predicted molar refractivity (Wildman–Crippen MR) is 117 cm³/mol. The van der Waals surface area contributed by atoms with E-state index < -0.39 is 17.6 Å². The normalized spacial score (nSPS) is 14.6. The van der Waals surface area contributed by atoms with Crippen LogP contribution in [0.2, 0.25) is 5.15 Å². The Morgan fingerprint density at radius 1 is 1.28 bits per heavy atom. The average Bonchev–Trinajstić information content (AvgIpc) is 3.51. The van der Waals surface area contributed by atoms with Crippen molar-refractivity contribution in [3.8, 4) is 11.5 Å². The minimum absolute atomic E-state index is 0.0921. The van der Waals surface area contributed by atoms with Gasteiger partial charge in [-0.2, -0.15) is 0 Å². The van der Waals surface area contributed by atoms with Crippen molar-refractivity contribution in [3.05, 3.63) is 72.9 Å². The summed E-state index contributed by atoms with van der Waals surface area (Å²) in [6, 6.07) is 5.28. The van der Waals surface area contributed by atoms with E-state index in [1.54, 1.807) is 26.0 Å². The Hall–Kier alpha value is -3.46. The van der Waals surface area contributed by atoms with E-state index in [0.717, 1.165) is 12.8 Å². The molecule has 8 nitrogen and oxygen atoms in total. The molecule has 0 unspecified atom stereocenters. The van der Waals surface area contributed by atoms with Gasteiger partial charge in [0.25, 0.3) is 0 Å². The minimum atomic E-state index is -0.735. The van der Waals surface area contributed by atoms with Gasteiger partial charge in [-0.1, -0.05) is 16.8 Å². The van der Waals surface area contributed by atoms with Crippen LogP contribution in [0, 0.1) is 12.7 Å². The summed E-state index contributed by atoms with van der Waals surface area (Å²) in [4.78, 5) is 31.0. The Labute approximate surface area is 185 Å². The zero-order chi connectivity index (χ0) is 22.6. The van der Waals surface area contributed by atoms with Gasteiger partial charge in [0, 0.05) is 17.0 Å². The smallest absolute Gasteiger partial charge is 0.439 e. The highest BCUT2D eigenvalue weighted by atomic mass is 35.5. The second-order valence-corrected chi connectivity index (χ2v) is 8.29. The summed E-state index contributed by atoms with van der Waals surface area (Å²) in [5, 5.41) is 7.28. The van der Waals surface area contributed by atoms with E-state index >= 15 is 0 Å². The van der Waals surface area contributed by atoms with Crippen LogP contribution < -0.4 is 16.5 Å². The molecule has 0 saturated heterocycles. The molecule has 0 amide bonds. The molecule has 164 valence electrons. The van der Waals surface area contributed by atoms with Crippen LogP contribution in [0.1, 0.15) is 48.6 Å². The molecule has 3 heterocycles. The zero-order valence-electron chi connectivity index (χ0n) is 17.2. The summed E-state index contributed by atoms with van der Waals surface area (Å²) in [7, 11) is 0. The van der Waals surface area contributed by atoms with Crippen LogP contribution in [0.4, 0.5) is 10.1 Å². The molecular weight excluding hydrogens is 439 g/mol. The summed E-state index contributed by atoms with van der Waals surface area (Å²) in [5.41, 5.74) is 1.86. The lowest BCUT2D eigenvalue weighted by Crippen LogP contribution is -2.14. The first-order valence-corrected chi connectivity index (χ1v) is 10.5. The largest absolute Gasteiger partial charge is 0.460 e. The molecule has 1 fully saturated rings. The molecule has 3 aromatic heterocycles. The fourth-order valence-electron chi connectivity index (χ4n) is 3.83. The Kier molecular flexibility index (Phi) is 4.85. The Morgan fingerprint density at radius 3 is 2.75 bits per heavy atom. The van der Waals surface area contributed by atoms with E-state index in [9.17, 15) is 14.0 Å². The maximum Gasteiger partial charge on any atom is 0.439 e. The third kappa shape index (κ3) is 3.58. The third-order valence-electron chi connectivity index (χ3n) is 5.56. The lowest BCUT2D eigenvalue weighted by molar-refractivity contribution is 0.388. The van der Waals surface area contributed by atoms with Crippen molar-refractivity contribution in [2.75, 3.05) is 5.32 Å². The van der Waals surface area contributed by atoms with Gasteiger partial charge in [-0.05, 0) is 51.0 Å². The summed E-state index contributed by atoms with van der Waals surface area (Å²) in [5.74, 6) is -0.292. The first kappa shape index (κ1) is 20.4. The standard InChI is InChI=1S/C22H18ClFN4O4/c1-9-18(29)14-8-12(24)7-13(20(14)31-19(9)11-3-4-11)10(2)25-15-5-6-16(23)26-17(15)21-27-22(30)32-28-21/h5-8,10-11,25H,3-4H2,1-2H3,(H,27,28,30)/t10-/m1/s1. The van der Waals surface area contributed by atoms with Crippen LogP contribution in [0.25, 0.3) is 22.5 Å². The molecule has 1 aromatic carbocycles. The van der Waals surface area contributed by atoms with Crippen molar-refractivity contribution in [3.63, 3.8) is 0 Å². The highest BCUT2D eigenvalue weighted by Gasteiger charge is 2.30. The van der Waals surface area contributed by atoms with Crippen molar-refractivity contribution in [2.45, 2.75) is 38.6 Å². The first-order valence-electron chi connectivity index (χ1n) is 10.1. The van der Waals surface area contributed by atoms with E-state index in [-0.39, 0.29) is 33.4 Å². The van der Waals surface area contributed by atoms with Crippen LogP contribution in [0.3, 0.4) is 0 Å². The second kappa shape index (κ2) is 7.59. The summed E-state index contributed by atoms with van der Waals surface area (Å²) in [6.07, 6.45) is 1.94. The van der Waals surface area contributed by atoms with Crippen LogP contribution >= 0.6 is 11.6 Å². The maximum atomic E-state index is 14.5. The molecule has 2 N–H and O–H groups in total. The Balaban J connectivity index is 1.61. The van der Waals surface area contributed by atoms with Gasteiger partial charge in [-0.3, -0.25) is 14.3 Å². The van der Waals surface area contributed by atoms with Crippen LogP contribution in [-0.2, 0) is 0 Å². The minimum Gasteiger partial charge on any atom is -0.460 e. The van der Waals surface area contributed by atoms with Gasteiger partial charge < -0.3 is 9.73 Å². The number of fused-ring (bicyclic) bond motifs is 1. The van der Waals surface area contributed by atoms with Gasteiger partial charge >= 0.3 is 5.76 Å². The summed E-state index contributed by atoms with van der Waals surface area (Å²) in [6.45, 7) is 3.52. The Morgan fingerprint density at radius 2 is 2.06 bits per heavy atom. The maximum absolute atomic E-state index is 14.5. The number of anilines is 1. The Bertz CT molecular complexity index is 1470. The predicted octanol–water partition coefficient (Wildman–Crippen LogP) is 4.68. The number of aromatic nitrogens is 3. The lowest BCUT2D eigenvalue weighted by Gasteiger charge is -2.19. The molecule has 10 heteroatoms. The highest BCUT2D eigenvalue weighted by Crippen LogP contribution is 2.42. The number of rotatable bonds is 5. The quantitative estimate of drug-likeness (QED) is 0.419. The van der Waals surface area contributed by atoms with Crippen molar-refractivity contribution in [2.24, 2.45) is 0 Å². The van der Waals surface area contributed by atoms with E-state index in [1.807, 2.05) is 0 Å². The monoisotopic (exact) mass is 456 g/mol. The number of H-pyrrole nitrogens is 1. The number of nitrogens with zero attached hydrogens (tertiary/aromatic N) is 2. The zero-order valence-corrected chi connectivity index (χ0v) is 17.9. The first-order chi connectivity index (χ1) is 15.3. The molecule has 0 radical (unpaired) electrons. The lowest BCUT2D eigenvalue weighted by atomic mass is 10.0. The summed E-state index contributed by atoms with van der Waals surface area (Å²) >= 11 is 6.02. The molecule has 4 aromatic rings. The number of pyridine rings is 1. The van der Waals surface area contributed by atoms with Crippen molar-refractivity contribution < 1.29 is 13.3 Å². The molecule has 0 bridgehead atoms. The molecule has 0 aliphatic heterocycles. The number of nitrogens with one attached hydrogen (secondary N) is 2.